The van der Waals surface area contributed by atoms with Gasteiger partial charge in [-0.05, 0) is 25.7 Å². The number of hydrogen-bond donors (Lipinski definition) is 0. The summed E-state index contributed by atoms with van der Waals surface area (Å²) in [7, 11) is 1.99. The molecule has 5 heteroatoms. The van der Waals surface area contributed by atoms with E-state index >= 15 is 0 Å². The number of imidazole rings is 1. The predicted molar refractivity (Wildman–Crippen MR) is 72.8 cm³/mol. The van der Waals surface area contributed by atoms with Crippen molar-refractivity contribution in [3.05, 3.63) is 11.5 Å². The zero-order chi connectivity index (χ0) is 12.9. The molecule has 1 saturated carbocycles. The van der Waals surface area contributed by atoms with Gasteiger partial charge < -0.3 is 4.57 Å². The van der Waals surface area contributed by atoms with Crippen LogP contribution < -0.4 is 0 Å². The van der Waals surface area contributed by atoms with Crippen molar-refractivity contribution in [1.82, 2.24) is 19.3 Å². The normalized spacial score (nSPS) is 24.2. The van der Waals surface area contributed by atoms with Crippen molar-refractivity contribution in [2.45, 2.75) is 45.0 Å². The molecule has 0 amide bonds. The van der Waals surface area contributed by atoms with Gasteiger partial charge in [-0.3, -0.25) is 4.68 Å². The Morgan fingerprint density at radius 1 is 1.39 bits per heavy atom. The van der Waals surface area contributed by atoms with Crippen LogP contribution in [0.15, 0.2) is 0 Å². The summed E-state index contributed by atoms with van der Waals surface area (Å²) < 4.78 is 4.28. The van der Waals surface area contributed by atoms with E-state index in [0.717, 1.165) is 22.7 Å². The standard InChI is InChI=1S/C13H19ClN4/c1-8-5-4-6-10(8)18-11(7-14)15-12-9(2)16-17(3)13(12)18/h8,10H,4-7H2,1-3H3. The summed E-state index contributed by atoms with van der Waals surface area (Å²) in [5.74, 6) is 2.15. The topological polar surface area (TPSA) is 35.6 Å². The average Bonchev–Trinajstić information content (AvgIpc) is 2.96. The summed E-state index contributed by atoms with van der Waals surface area (Å²) in [6.07, 6.45) is 3.81. The van der Waals surface area contributed by atoms with Gasteiger partial charge in [0.2, 0.25) is 0 Å². The first-order valence-corrected chi connectivity index (χ1v) is 7.13. The second-order valence-electron chi connectivity index (χ2n) is 5.39. The second-order valence-corrected chi connectivity index (χ2v) is 5.66. The average molecular weight is 267 g/mol. The fraction of sp³-hybridized carbons (Fsp3) is 0.692. The molecule has 2 aromatic heterocycles. The van der Waals surface area contributed by atoms with Crippen LogP contribution in [-0.4, -0.2) is 19.3 Å². The van der Waals surface area contributed by atoms with Crippen LogP contribution in [0.2, 0.25) is 0 Å². The fourth-order valence-corrected chi connectivity index (χ4v) is 3.48. The molecule has 4 nitrogen and oxygen atoms in total. The number of hydrogen-bond acceptors (Lipinski definition) is 2. The first-order chi connectivity index (χ1) is 8.63. The molecule has 3 rings (SSSR count). The SMILES string of the molecule is Cc1nn(C)c2c1nc(CCl)n2C1CCCC1C. The molecule has 0 aliphatic heterocycles. The Labute approximate surface area is 112 Å². The van der Waals surface area contributed by atoms with Crippen LogP contribution in [-0.2, 0) is 12.9 Å². The van der Waals surface area contributed by atoms with Crippen molar-refractivity contribution >= 4 is 22.8 Å². The molecular formula is C13H19ClN4. The molecule has 2 heterocycles. The summed E-state index contributed by atoms with van der Waals surface area (Å²) >= 11 is 6.08. The Bertz CT molecular complexity index is 583. The number of fused-ring (bicyclic) bond motifs is 1. The summed E-state index contributed by atoms with van der Waals surface area (Å²) in [4.78, 5) is 4.68. The summed E-state index contributed by atoms with van der Waals surface area (Å²) in [5, 5.41) is 4.47. The number of rotatable bonds is 2. The Hall–Kier alpha value is -1.03. The molecule has 0 radical (unpaired) electrons. The highest BCUT2D eigenvalue weighted by Crippen LogP contribution is 2.38. The first kappa shape index (κ1) is 12.0. The number of nitrogens with zero attached hydrogens (tertiary/aromatic N) is 4. The minimum Gasteiger partial charge on any atom is -0.309 e. The molecule has 1 aliphatic rings. The van der Waals surface area contributed by atoms with Gasteiger partial charge in [0.25, 0.3) is 0 Å². The van der Waals surface area contributed by atoms with E-state index in [2.05, 4.69) is 21.6 Å². The Morgan fingerprint density at radius 3 is 2.78 bits per heavy atom. The van der Waals surface area contributed by atoms with Crippen LogP contribution in [0.4, 0.5) is 0 Å². The van der Waals surface area contributed by atoms with Gasteiger partial charge in [-0.25, -0.2) is 4.98 Å². The Morgan fingerprint density at radius 2 is 2.17 bits per heavy atom. The third-order valence-corrected chi connectivity index (χ3v) is 4.41. The molecule has 1 aliphatic carbocycles. The van der Waals surface area contributed by atoms with E-state index < -0.39 is 0 Å². The monoisotopic (exact) mass is 266 g/mol. The minimum atomic E-state index is 0.470. The van der Waals surface area contributed by atoms with Gasteiger partial charge in [-0.2, -0.15) is 5.10 Å². The molecular weight excluding hydrogens is 248 g/mol. The van der Waals surface area contributed by atoms with Gasteiger partial charge in [-0.1, -0.05) is 13.3 Å². The molecule has 0 N–H and O–H groups in total. The lowest BCUT2D eigenvalue weighted by molar-refractivity contribution is 0.403. The highest BCUT2D eigenvalue weighted by molar-refractivity contribution is 6.16. The number of aryl methyl sites for hydroxylation is 2. The number of aromatic nitrogens is 4. The summed E-state index contributed by atoms with van der Waals surface area (Å²) in [6, 6.07) is 0.526. The van der Waals surface area contributed by atoms with Crippen LogP contribution in [0, 0.1) is 12.8 Å². The molecule has 1 fully saturated rings. The van der Waals surface area contributed by atoms with Crippen molar-refractivity contribution < 1.29 is 0 Å². The maximum Gasteiger partial charge on any atom is 0.158 e. The molecule has 0 saturated heterocycles. The maximum absolute atomic E-state index is 6.08. The number of halogens is 1. The lowest BCUT2D eigenvalue weighted by Crippen LogP contribution is -2.16. The molecule has 0 bridgehead atoms. The van der Waals surface area contributed by atoms with E-state index in [4.69, 9.17) is 11.6 Å². The molecule has 0 spiro atoms. The van der Waals surface area contributed by atoms with Crippen molar-refractivity contribution in [2.75, 3.05) is 0 Å². The van der Waals surface area contributed by atoms with Crippen molar-refractivity contribution in [1.29, 1.82) is 0 Å². The van der Waals surface area contributed by atoms with E-state index in [1.165, 1.54) is 19.3 Å². The van der Waals surface area contributed by atoms with E-state index in [1.54, 1.807) is 0 Å². The molecule has 2 aromatic rings. The maximum atomic E-state index is 6.08. The van der Waals surface area contributed by atoms with Crippen molar-refractivity contribution in [3.63, 3.8) is 0 Å². The third kappa shape index (κ3) is 1.58. The van der Waals surface area contributed by atoms with Crippen LogP contribution >= 0.6 is 11.6 Å². The summed E-state index contributed by atoms with van der Waals surface area (Å²) in [5.41, 5.74) is 3.12. The number of alkyl halides is 1. The van der Waals surface area contributed by atoms with Crippen molar-refractivity contribution in [3.8, 4) is 0 Å². The second kappa shape index (κ2) is 4.26. The van der Waals surface area contributed by atoms with Gasteiger partial charge >= 0.3 is 0 Å². The smallest absolute Gasteiger partial charge is 0.158 e. The van der Waals surface area contributed by atoms with Crippen LogP contribution in [0.25, 0.3) is 11.2 Å². The lowest BCUT2D eigenvalue weighted by atomic mass is 10.1. The first-order valence-electron chi connectivity index (χ1n) is 6.60. The molecule has 2 unspecified atom stereocenters. The minimum absolute atomic E-state index is 0.470. The van der Waals surface area contributed by atoms with Gasteiger partial charge in [-0.15, -0.1) is 11.6 Å². The zero-order valence-electron chi connectivity index (χ0n) is 11.1. The van der Waals surface area contributed by atoms with Crippen LogP contribution in [0.1, 0.15) is 43.7 Å². The largest absolute Gasteiger partial charge is 0.309 e. The van der Waals surface area contributed by atoms with E-state index in [-0.39, 0.29) is 0 Å². The molecule has 18 heavy (non-hydrogen) atoms. The fourth-order valence-electron chi connectivity index (χ4n) is 3.29. The van der Waals surface area contributed by atoms with E-state index in [9.17, 15) is 0 Å². The zero-order valence-corrected chi connectivity index (χ0v) is 11.9. The molecule has 2 atom stereocenters. The quantitative estimate of drug-likeness (QED) is 0.783. The highest BCUT2D eigenvalue weighted by atomic mass is 35.5. The summed E-state index contributed by atoms with van der Waals surface area (Å²) in [6.45, 7) is 4.33. The van der Waals surface area contributed by atoms with Gasteiger partial charge in [0.1, 0.15) is 11.3 Å². The highest BCUT2D eigenvalue weighted by Gasteiger charge is 2.30. The lowest BCUT2D eigenvalue weighted by Gasteiger charge is -2.20. The van der Waals surface area contributed by atoms with E-state index in [0.29, 0.717) is 17.8 Å². The third-order valence-electron chi connectivity index (χ3n) is 4.18. The Balaban J connectivity index is 2.24. The van der Waals surface area contributed by atoms with Crippen LogP contribution in [0.3, 0.4) is 0 Å². The molecule has 98 valence electrons. The molecule has 0 aromatic carbocycles. The van der Waals surface area contributed by atoms with Gasteiger partial charge in [0.15, 0.2) is 5.65 Å². The van der Waals surface area contributed by atoms with Crippen molar-refractivity contribution in [2.24, 2.45) is 13.0 Å². The van der Waals surface area contributed by atoms with Gasteiger partial charge in [0.05, 0.1) is 11.6 Å². The van der Waals surface area contributed by atoms with E-state index in [1.807, 2.05) is 18.7 Å². The Kier molecular flexibility index (Phi) is 2.85. The van der Waals surface area contributed by atoms with Crippen LogP contribution in [0.5, 0.6) is 0 Å². The van der Waals surface area contributed by atoms with Gasteiger partial charge in [0, 0.05) is 13.1 Å². The predicted octanol–water partition coefficient (Wildman–Crippen LogP) is 3.18.